The number of anilines is 2. The smallest absolute Gasteiger partial charge is 0.332 e. The third-order valence-electron chi connectivity index (χ3n) is 3.68. The molecule has 1 amide bonds. The largest absolute Gasteiger partial charge is 0.479 e. The number of hydrogen-bond donors (Lipinski definition) is 2. The van der Waals surface area contributed by atoms with Gasteiger partial charge in [0.15, 0.2) is 6.10 Å². The summed E-state index contributed by atoms with van der Waals surface area (Å²) in [6.45, 7) is 1.24. The van der Waals surface area contributed by atoms with E-state index < -0.39 is 18.2 Å². The third-order valence-corrected chi connectivity index (χ3v) is 3.68. The van der Waals surface area contributed by atoms with E-state index in [4.69, 9.17) is 9.84 Å². The minimum absolute atomic E-state index is 0.150. The van der Waals surface area contributed by atoms with E-state index in [0.29, 0.717) is 25.9 Å². The van der Waals surface area contributed by atoms with Gasteiger partial charge in [0.25, 0.3) is 5.91 Å². The fourth-order valence-electron chi connectivity index (χ4n) is 2.68. The molecule has 1 aromatic rings. The lowest BCUT2D eigenvalue weighted by Gasteiger charge is -2.31. The number of carboxylic acids is 1. The average Bonchev–Trinajstić information content (AvgIpc) is 2.96. The summed E-state index contributed by atoms with van der Waals surface area (Å²) in [6, 6.07) is 7.58. The zero-order valence-electron chi connectivity index (χ0n) is 10.9. The second kappa shape index (κ2) is 5.13. The fourth-order valence-corrected chi connectivity index (χ4v) is 2.68. The lowest BCUT2D eigenvalue weighted by molar-refractivity contribution is -0.151. The molecule has 0 saturated carbocycles. The van der Waals surface area contributed by atoms with Gasteiger partial charge in [0, 0.05) is 13.1 Å². The summed E-state index contributed by atoms with van der Waals surface area (Å²) in [7, 11) is 0. The minimum Gasteiger partial charge on any atom is -0.479 e. The monoisotopic (exact) mass is 276 g/mol. The zero-order valence-corrected chi connectivity index (χ0v) is 10.9. The maximum absolute atomic E-state index is 12.5. The van der Waals surface area contributed by atoms with Crippen LogP contribution in [0, 0.1) is 0 Å². The second-order valence-electron chi connectivity index (χ2n) is 4.96. The van der Waals surface area contributed by atoms with E-state index in [-0.39, 0.29) is 5.91 Å². The molecule has 0 radical (unpaired) electrons. The van der Waals surface area contributed by atoms with Gasteiger partial charge in [-0.1, -0.05) is 12.1 Å². The molecule has 2 heterocycles. The SMILES string of the molecule is O=C(O)[C@@H]1CC[C@H](C(=O)N2CCNc3ccccc32)O1. The molecule has 2 aliphatic rings. The second-order valence-corrected chi connectivity index (χ2v) is 4.96. The molecule has 2 N–H and O–H groups in total. The molecule has 2 aliphatic heterocycles. The van der Waals surface area contributed by atoms with Crippen LogP contribution in [-0.4, -0.2) is 42.3 Å². The Bertz CT molecular complexity index is 546. The molecular weight excluding hydrogens is 260 g/mol. The van der Waals surface area contributed by atoms with Crippen LogP contribution in [0.4, 0.5) is 11.4 Å². The first kappa shape index (κ1) is 12.9. The molecule has 0 unspecified atom stereocenters. The van der Waals surface area contributed by atoms with Crippen LogP contribution in [0.3, 0.4) is 0 Å². The van der Waals surface area contributed by atoms with Crippen molar-refractivity contribution in [2.45, 2.75) is 25.0 Å². The fraction of sp³-hybridized carbons (Fsp3) is 0.429. The Morgan fingerprint density at radius 2 is 2.00 bits per heavy atom. The molecule has 1 aromatic carbocycles. The molecule has 0 spiro atoms. The highest BCUT2D eigenvalue weighted by atomic mass is 16.5. The topological polar surface area (TPSA) is 78.9 Å². The van der Waals surface area contributed by atoms with Crippen molar-refractivity contribution < 1.29 is 19.4 Å². The van der Waals surface area contributed by atoms with Crippen LogP contribution in [0.1, 0.15) is 12.8 Å². The van der Waals surface area contributed by atoms with Crippen molar-refractivity contribution in [2.75, 3.05) is 23.3 Å². The highest BCUT2D eigenvalue weighted by Gasteiger charge is 2.38. The van der Waals surface area contributed by atoms with Gasteiger partial charge in [-0.3, -0.25) is 4.79 Å². The van der Waals surface area contributed by atoms with Crippen molar-refractivity contribution in [1.29, 1.82) is 0 Å². The Kier molecular flexibility index (Phi) is 3.31. The predicted molar refractivity (Wildman–Crippen MR) is 72.8 cm³/mol. The van der Waals surface area contributed by atoms with Gasteiger partial charge in [-0.05, 0) is 25.0 Å². The molecule has 6 heteroatoms. The van der Waals surface area contributed by atoms with Crippen molar-refractivity contribution in [3.05, 3.63) is 24.3 Å². The van der Waals surface area contributed by atoms with Crippen LogP contribution in [0.2, 0.25) is 0 Å². The van der Waals surface area contributed by atoms with Crippen molar-refractivity contribution >= 4 is 23.3 Å². The van der Waals surface area contributed by atoms with E-state index in [1.807, 2.05) is 24.3 Å². The highest BCUT2D eigenvalue weighted by molar-refractivity contribution is 6.00. The minimum atomic E-state index is -0.999. The lowest BCUT2D eigenvalue weighted by Crippen LogP contribution is -2.44. The first-order valence-corrected chi connectivity index (χ1v) is 6.69. The Labute approximate surface area is 116 Å². The Morgan fingerprint density at radius 1 is 1.25 bits per heavy atom. The van der Waals surface area contributed by atoms with E-state index >= 15 is 0 Å². The first-order chi connectivity index (χ1) is 9.66. The molecule has 0 aromatic heterocycles. The number of carbonyl (C=O) groups excluding carboxylic acids is 1. The van der Waals surface area contributed by atoms with Gasteiger partial charge in [-0.2, -0.15) is 0 Å². The number of amides is 1. The van der Waals surface area contributed by atoms with Crippen molar-refractivity contribution in [2.24, 2.45) is 0 Å². The molecule has 6 nitrogen and oxygen atoms in total. The van der Waals surface area contributed by atoms with E-state index in [2.05, 4.69) is 5.32 Å². The van der Waals surface area contributed by atoms with Crippen LogP contribution in [0.15, 0.2) is 24.3 Å². The maximum Gasteiger partial charge on any atom is 0.332 e. The van der Waals surface area contributed by atoms with Gasteiger partial charge in [0.1, 0.15) is 6.10 Å². The van der Waals surface area contributed by atoms with Gasteiger partial charge in [-0.25, -0.2) is 4.79 Å². The van der Waals surface area contributed by atoms with Gasteiger partial charge in [0.05, 0.1) is 11.4 Å². The van der Waals surface area contributed by atoms with E-state index in [1.54, 1.807) is 4.90 Å². The maximum atomic E-state index is 12.5. The van der Waals surface area contributed by atoms with E-state index in [0.717, 1.165) is 11.4 Å². The van der Waals surface area contributed by atoms with Crippen LogP contribution >= 0.6 is 0 Å². The summed E-state index contributed by atoms with van der Waals surface area (Å²) in [5, 5.41) is 12.2. The number of carboxylic acid groups (broad SMARTS) is 1. The predicted octanol–water partition coefficient (Wildman–Crippen LogP) is 1.08. The molecular formula is C14H16N2O4. The number of rotatable bonds is 2. The molecule has 0 aliphatic carbocycles. The number of nitrogens with one attached hydrogen (secondary N) is 1. The molecule has 2 atom stereocenters. The number of nitrogens with zero attached hydrogens (tertiary/aromatic N) is 1. The molecule has 1 saturated heterocycles. The van der Waals surface area contributed by atoms with Gasteiger partial charge in [-0.15, -0.1) is 0 Å². The quantitative estimate of drug-likeness (QED) is 0.845. The number of aliphatic carboxylic acids is 1. The Balaban J connectivity index is 1.78. The summed E-state index contributed by atoms with van der Waals surface area (Å²) in [5.74, 6) is -1.15. The molecule has 1 fully saturated rings. The van der Waals surface area contributed by atoms with Crippen LogP contribution in [0.5, 0.6) is 0 Å². The molecule has 106 valence electrons. The van der Waals surface area contributed by atoms with Crippen molar-refractivity contribution in [3.63, 3.8) is 0 Å². The summed E-state index contributed by atoms with van der Waals surface area (Å²) in [4.78, 5) is 25.1. The average molecular weight is 276 g/mol. The number of hydrogen-bond acceptors (Lipinski definition) is 4. The van der Waals surface area contributed by atoms with Crippen molar-refractivity contribution in [1.82, 2.24) is 0 Å². The van der Waals surface area contributed by atoms with Crippen LogP contribution < -0.4 is 10.2 Å². The van der Waals surface area contributed by atoms with Crippen LogP contribution in [-0.2, 0) is 14.3 Å². The number of benzene rings is 1. The number of fused-ring (bicyclic) bond motifs is 1. The summed E-state index contributed by atoms with van der Waals surface area (Å²) in [5.41, 5.74) is 1.74. The van der Waals surface area contributed by atoms with Gasteiger partial charge < -0.3 is 20.1 Å². The molecule has 20 heavy (non-hydrogen) atoms. The summed E-state index contributed by atoms with van der Waals surface area (Å²) >= 11 is 0. The molecule has 0 bridgehead atoms. The standard InChI is InChI=1S/C14H16N2O4/c17-13(11-5-6-12(20-11)14(18)19)16-8-7-15-9-3-1-2-4-10(9)16/h1-4,11-12,15H,5-8H2,(H,18,19)/t11-,12+/m1/s1. The number of carbonyl (C=O) groups is 2. The summed E-state index contributed by atoms with van der Waals surface area (Å²) in [6.07, 6.45) is -0.661. The number of para-hydroxylation sites is 2. The summed E-state index contributed by atoms with van der Waals surface area (Å²) < 4.78 is 5.34. The van der Waals surface area contributed by atoms with Gasteiger partial charge >= 0.3 is 5.97 Å². The van der Waals surface area contributed by atoms with Crippen LogP contribution in [0.25, 0.3) is 0 Å². The zero-order chi connectivity index (χ0) is 14.1. The van der Waals surface area contributed by atoms with Gasteiger partial charge in [0.2, 0.25) is 0 Å². The number of ether oxygens (including phenoxy) is 1. The first-order valence-electron chi connectivity index (χ1n) is 6.69. The Morgan fingerprint density at radius 3 is 2.75 bits per heavy atom. The normalized spacial score (nSPS) is 24.9. The van der Waals surface area contributed by atoms with E-state index in [9.17, 15) is 9.59 Å². The van der Waals surface area contributed by atoms with E-state index in [1.165, 1.54) is 0 Å². The van der Waals surface area contributed by atoms with Crippen molar-refractivity contribution in [3.8, 4) is 0 Å². The molecule has 3 rings (SSSR count). The third kappa shape index (κ3) is 2.22. The lowest BCUT2D eigenvalue weighted by atomic mass is 10.1. The Hall–Kier alpha value is -2.08. The highest BCUT2D eigenvalue weighted by Crippen LogP contribution is 2.31.